The van der Waals surface area contributed by atoms with Crippen molar-refractivity contribution in [2.75, 3.05) is 6.54 Å². The molecule has 1 heterocycles. The summed E-state index contributed by atoms with van der Waals surface area (Å²) in [6.45, 7) is 4.19. The summed E-state index contributed by atoms with van der Waals surface area (Å²) in [6.07, 6.45) is 1.72. The van der Waals surface area contributed by atoms with Gasteiger partial charge >= 0.3 is 5.97 Å². The zero-order chi connectivity index (χ0) is 29.4. The number of nitrogens with two attached hydrogens (primary N) is 1. The van der Waals surface area contributed by atoms with Crippen LogP contribution in [0.2, 0.25) is 0 Å². The van der Waals surface area contributed by atoms with Crippen LogP contribution in [0.25, 0.3) is 0 Å². The number of hydrogen-bond donors (Lipinski definition) is 6. The minimum absolute atomic E-state index is 0.0243. The third kappa shape index (κ3) is 7.95. The number of carbonyl (C=O) groups excluding carboxylic acids is 3. The first-order chi connectivity index (χ1) is 19.0. The Hall–Kier alpha value is -4.12. The summed E-state index contributed by atoms with van der Waals surface area (Å²) in [6, 6.07) is 8.07. The fraction of sp³-hybridized carbons (Fsp3) is 0.448. The largest absolute Gasteiger partial charge is 0.508 e. The predicted octanol–water partition coefficient (Wildman–Crippen LogP) is 1.30. The maximum absolute atomic E-state index is 13.4. The molecule has 2 aromatic rings. The molecule has 0 bridgehead atoms. The van der Waals surface area contributed by atoms with Crippen LogP contribution in [0.3, 0.4) is 0 Å². The standard InChI is InChI=1S/C29H38N4O7/c1-3-17(2)25(30)28(38)33-14-4-5-24(33)27(37)31-22(15-18-6-10-20(34)11-7-18)26(36)32-23(29(39)40)16-19-8-12-21(35)13-9-19/h6-13,17,22-25,34-35H,3-5,14-16,30H2,1-2H3,(H,31,37)(H,32,36)(H,39,40). The van der Waals surface area contributed by atoms with Crippen LogP contribution in [-0.2, 0) is 32.0 Å². The Labute approximate surface area is 233 Å². The molecule has 0 aliphatic carbocycles. The molecule has 1 saturated heterocycles. The molecule has 1 fully saturated rings. The Morgan fingerprint density at radius 2 is 1.45 bits per heavy atom. The SMILES string of the molecule is CCC(C)C(N)C(=O)N1CCCC1C(=O)NC(Cc1ccc(O)cc1)C(=O)NC(Cc1ccc(O)cc1)C(=O)O. The van der Waals surface area contributed by atoms with Crippen LogP contribution in [0, 0.1) is 5.92 Å². The highest BCUT2D eigenvalue weighted by molar-refractivity contribution is 5.94. The molecule has 11 nitrogen and oxygen atoms in total. The molecule has 0 aromatic heterocycles. The van der Waals surface area contributed by atoms with Crippen molar-refractivity contribution >= 4 is 23.7 Å². The van der Waals surface area contributed by atoms with Gasteiger partial charge < -0.3 is 36.6 Å². The molecule has 5 unspecified atom stereocenters. The quantitative estimate of drug-likeness (QED) is 0.227. The molecule has 3 amide bonds. The summed E-state index contributed by atoms with van der Waals surface area (Å²) in [5, 5.41) is 34.1. The molecule has 7 N–H and O–H groups in total. The second kappa shape index (κ2) is 13.8. The monoisotopic (exact) mass is 554 g/mol. The lowest BCUT2D eigenvalue weighted by Crippen LogP contribution is -2.57. The zero-order valence-electron chi connectivity index (χ0n) is 22.7. The minimum atomic E-state index is -1.30. The van der Waals surface area contributed by atoms with Gasteiger partial charge in [-0.25, -0.2) is 4.79 Å². The molecule has 2 aromatic carbocycles. The van der Waals surface area contributed by atoms with Crippen LogP contribution in [0.15, 0.2) is 48.5 Å². The number of amides is 3. The summed E-state index contributed by atoms with van der Waals surface area (Å²) in [5.41, 5.74) is 7.37. The molecule has 0 radical (unpaired) electrons. The third-order valence-corrected chi connectivity index (χ3v) is 7.38. The Bertz CT molecular complexity index is 1190. The molecule has 216 valence electrons. The molecule has 0 saturated carbocycles. The Morgan fingerprint density at radius 3 is 1.95 bits per heavy atom. The van der Waals surface area contributed by atoms with Gasteiger partial charge in [0.25, 0.3) is 0 Å². The number of aromatic hydroxyl groups is 2. The maximum Gasteiger partial charge on any atom is 0.326 e. The normalized spacial score (nSPS) is 17.9. The molecule has 40 heavy (non-hydrogen) atoms. The van der Waals surface area contributed by atoms with E-state index in [4.69, 9.17) is 5.73 Å². The van der Waals surface area contributed by atoms with E-state index >= 15 is 0 Å². The molecular formula is C29H38N4O7. The van der Waals surface area contributed by atoms with Gasteiger partial charge in [0.2, 0.25) is 17.7 Å². The van der Waals surface area contributed by atoms with Crippen molar-refractivity contribution in [1.82, 2.24) is 15.5 Å². The number of phenols is 2. The number of benzene rings is 2. The predicted molar refractivity (Wildman–Crippen MR) is 147 cm³/mol. The van der Waals surface area contributed by atoms with E-state index in [-0.39, 0.29) is 36.2 Å². The van der Waals surface area contributed by atoms with Gasteiger partial charge in [0.1, 0.15) is 29.6 Å². The highest BCUT2D eigenvalue weighted by Gasteiger charge is 2.38. The summed E-state index contributed by atoms with van der Waals surface area (Å²) in [4.78, 5) is 53.3. The number of carboxylic acids is 1. The second-order valence-corrected chi connectivity index (χ2v) is 10.3. The fourth-order valence-electron chi connectivity index (χ4n) is 4.68. The number of rotatable bonds is 12. The summed E-state index contributed by atoms with van der Waals surface area (Å²) >= 11 is 0. The van der Waals surface area contributed by atoms with Crippen molar-refractivity contribution in [2.45, 2.75) is 70.1 Å². The first kappa shape index (κ1) is 30.4. The number of phenolic OH excluding ortho intramolecular Hbond substituents is 2. The van der Waals surface area contributed by atoms with E-state index in [0.29, 0.717) is 36.9 Å². The van der Waals surface area contributed by atoms with Crippen LogP contribution in [0.4, 0.5) is 0 Å². The van der Waals surface area contributed by atoms with Gasteiger partial charge in [0.15, 0.2) is 0 Å². The van der Waals surface area contributed by atoms with Crippen molar-refractivity contribution in [3.8, 4) is 11.5 Å². The van der Waals surface area contributed by atoms with E-state index in [2.05, 4.69) is 10.6 Å². The Balaban J connectivity index is 1.79. The molecule has 1 aliphatic rings. The third-order valence-electron chi connectivity index (χ3n) is 7.38. The van der Waals surface area contributed by atoms with Crippen molar-refractivity contribution in [2.24, 2.45) is 11.7 Å². The van der Waals surface area contributed by atoms with Crippen molar-refractivity contribution in [3.63, 3.8) is 0 Å². The molecular weight excluding hydrogens is 516 g/mol. The van der Waals surface area contributed by atoms with Crippen molar-refractivity contribution in [3.05, 3.63) is 59.7 Å². The lowest BCUT2D eigenvalue weighted by Gasteiger charge is -2.30. The number of likely N-dealkylation sites (tertiary alicyclic amines) is 1. The first-order valence-electron chi connectivity index (χ1n) is 13.5. The lowest BCUT2D eigenvalue weighted by atomic mass is 9.98. The molecule has 1 aliphatic heterocycles. The average Bonchev–Trinajstić information content (AvgIpc) is 3.43. The van der Waals surface area contributed by atoms with Gasteiger partial charge in [-0.15, -0.1) is 0 Å². The molecule has 3 rings (SSSR count). The van der Waals surface area contributed by atoms with Gasteiger partial charge in [-0.05, 0) is 54.2 Å². The van der Waals surface area contributed by atoms with E-state index in [1.54, 1.807) is 24.3 Å². The topological polar surface area (TPSA) is 182 Å². The number of hydrogen-bond acceptors (Lipinski definition) is 7. The molecule has 11 heteroatoms. The Kier molecular flexibility index (Phi) is 10.5. The van der Waals surface area contributed by atoms with Crippen LogP contribution in [0.5, 0.6) is 11.5 Å². The molecule has 5 atom stereocenters. The highest BCUT2D eigenvalue weighted by Crippen LogP contribution is 2.21. The maximum atomic E-state index is 13.4. The number of carboxylic acid groups (broad SMARTS) is 1. The zero-order valence-corrected chi connectivity index (χ0v) is 22.7. The summed E-state index contributed by atoms with van der Waals surface area (Å²) in [5.74, 6) is -2.81. The number of carbonyl (C=O) groups is 4. The number of aliphatic carboxylic acids is 1. The van der Waals surface area contributed by atoms with E-state index < -0.39 is 42.0 Å². The number of nitrogens with zero attached hydrogens (tertiary/aromatic N) is 1. The average molecular weight is 555 g/mol. The fourth-order valence-corrected chi connectivity index (χ4v) is 4.68. The van der Waals surface area contributed by atoms with Gasteiger partial charge in [0.05, 0.1) is 6.04 Å². The first-order valence-corrected chi connectivity index (χ1v) is 13.5. The van der Waals surface area contributed by atoms with Crippen molar-refractivity contribution < 1.29 is 34.5 Å². The van der Waals surface area contributed by atoms with Gasteiger partial charge in [-0.3, -0.25) is 14.4 Å². The Morgan fingerprint density at radius 1 is 0.925 bits per heavy atom. The highest BCUT2D eigenvalue weighted by atomic mass is 16.4. The van der Waals surface area contributed by atoms with E-state index in [9.17, 15) is 34.5 Å². The summed E-state index contributed by atoms with van der Waals surface area (Å²) in [7, 11) is 0. The van der Waals surface area contributed by atoms with Gasteiger partial charge in [-0.1, -0.05) is 44.5 Å². The number of nitrogens with one attached hydrogen (secondary N) is 2. The summed E-state index contributed by atoms with van der Waals surface area (Å²) < 4.78 is 0. The van der Waals surface area contributed by atoms with E-state index in [0.717, 1.165) is 0 Å². The lowest BCUT2D eigenvalue weighted by molar-refractivity contribution is -0.143. The van der Waals surface area contributed by atoms with Crippen LogP contribution in [-0.4, -0.2) is 74.6 Å². The van der Waals surface area contributed by atoms with Gasteiger partial charge in [0, 0.05) is 19.4 Å². The minimum Gasteiger partial charge on any atom is -0.508 e. The van der Waals surface area contributed by atoms with Crippen LogP contribution < -0.4 is 16.4 Å². The van der Waals surface area contributed by atoms with E-state index in [1.165, 1.54) is 29.2 Å². The van der Waals surface area contributed by atoms with Crippen LogP contribution >= 0.6 is 0 Å². The smallest absolute Gasteiger partial charge is 0.326 e. The van der Waals surface area contributed by atoms with Crippen molar-refractivity contribution in [1.29, 1.82) is 0 Å². The van der Waals surface area contributed by atoms with Gasteiger partial charge in [-0.2, -0.15) is 0 Å². The molecule has 0 spiro atoms. The van der Waals surface area contributed by atoms with Crippen LogP contribution in [0.1, 0.15) is 44.2 Å². The van der Waals surface area contributed by atoms with E-state index in [1.807, 2.05) is 13.8 Å². The second-order valence-electron chi connectivity index (χ2n) is 10.3.